The number of benzene rings is 1. The fraction of sp³-hybridized carbons (Fsp3) is 0.438. The first kappa shape index (κ1) is 15.2. The van der Waals surface area contributed by atoms with Crippen molar-refractivity contribution in [1.29, 1.82) is 0 Å². The van der Waals surface area contributed by atoms with Gasteiger partial charge in [0, 0.05) is 5.54 Å². The second-order valence-electron chi connectivity index (χ2n) is 5.93. The van der Waals surface area contributed by atoms with Crippen LogP contribution in [0.5, 0.6) is 0 Å². The molecule has 0 bridgehead atoms. The molecule has 1 aromatic rings. The first-order valence-corrected chi connectivity index (χ1v) is 7.07. The Morgan fingerprint density at radius 1 is 1.19 bits per heavy atom. The molecule has 112 valence electrons. The van der Waals surface area contributed by atoms with Crippen molar-refractivity contribution >= 4 is 17.7 Å². The molecule has 0 spiro atoms. The summed E-state index contributed by atoms with van der Waals surface area (Å²) in [5.41, 5.74) is 0.345. The zero-order chi connectivity index (χ0) is 15.8. The maximum atomic E-state index is 12.3. The summed E-state index contributed by atoms with van der Waals surface area (Å²) < 4.78 is 0. The molecule has 0 saturated heterocycles. The first-order valence-electron chi connectivity index (χ1n) is 7.07. The number of carbonyl (C=O) groups is 3. The molecule has 2 rings (SSSR count). The number of carbonyl (C=O) groups excluding carboxylic acids is 3. The number of fused-ring (bicyclic) bond motifs is 1. The van der Waals surface area contributed by atoms with Gasteiger partial charge in [0.25, 0.3) is 11.8 Å². The van der Waals surface area contributed by atoms with Crippen LogP contribution in [0, 0.1) is 0 Å². The van der Waals surface area contributed by atoms with Gasteiger partial charge >= 0.3 is 0 Å². The summed E-state index contributed by atoms with van der Waals surface area (Å²) in [5.74, 6) is -1.14. The van der Waals surface area contributed by atoms with E-state index in [9.17, 15) is 14.4 Å². The van der Waals surface area contributed by atoms with Crippen LogP contribution >= 0.6 is 0 Å². The van der Waals surface area contributed by atoms with E-state index in [1.54, 1.807) is 31.2 Å². The van der Waals surface area contributed by atoms with Crippen LogP contribution in [0.15, 0.2) is 24.3 Å². The standard InChI is InChI=1S/C16H20N2O3/c1-5-16(3,4)17-13(19)10(2)18-14(20)11-8-6-7-9-12(11)15(18)21/h6-10H,5H2,1-4H3,(H,17,19)/t10-/m1/s1. The second kappa shape index (κ2) is 5.31. The molecular formula is C16H20N2O3. The first-order chi connectivity index (χ1) is 9.78. The maximum absolute atomic E-state index is 12.3. The smallest absolute Gasteiger partial charge is 0.262 e. The third-order valence-corrected chi connectivity index (χ3v) is 3.94. The summed E-state index contributed by atoms with van der Waals surface area (Å²) in [7, 11) is 0. The minimum Gasteiger partial charge on any atom is -0.349 e. The Morgan fingerprint density at radius 3 is 2.10 bits per heavy atom. The Morgan fingerprint density at radius 2 is 1.67 bits per heavy atom. The van der Waals surface area contributed by atoms with Crippen LogP contribution in [0.3, 0.4) is 0 Å². The van der Waals surface area contributed by atoms with Crippen molar-refractivity contribution in [1.82, 2.24) is 10.2 Å². The fourth-order valence-corrected chi connectivity index (χ4v) is 2.20. The average Bonchev–Trinajstić information content (AvgIpc) is 2.70. The highest BCUT2D eigenvalue weighted by Crippen LogP contribution is 2.24. The van der Waals surface area contributed by atoms with E-state index in [1.807, 2.05) is 20.8 Å². The Labute approximate surface area is 124 Å². The van der Waals surface area contributed by atoms with E-state index < -0.39 is 17.9 Å². The van der Waals surface area contributed by atoms with Gasteiger partial charge in [0.05, 0.1) is 11.1 Å². The minimum absolute atomic E-state index is 0.323. The summed E-state index contributed by atoms with van der Waals surface area (Å²) in [6.45, 7) is 7.34. The van der Waals surface area contributed by atoms with Crippen LogP contribution in [0.1, 0.15) is 54.8 Å². The molecule has 1 aliphatic heterocycles. The summed E-state index contributed by atoms with van der Waals surface area (Å²) in [6.07, 6.45) is 0.758. The van der Waals surface area contributed by atoms with Crippen molar-refractivity contribution in [2.24, 2.45) is 0 Å². The summed E-state index contributed by atoms with van der Waals surface area (Å²) in [6, 6.07) is 5.80. The Bertz CT molecular complexity index is 572. The van der Waals surface area contributed by atoms with E-state index in [0.29, 0.717) is 11.1 Å². The largest absolute Gasteiger partial charge is 0.349 e. The second-order valence-corrected chi connectivity index (χ2v) is 5.93. The predicted octanol–water partition coefficient (Wildman–Crippen LogP) is 1.98. The fourth-order valence-electron chi connectivity index (χ4n) is 2.20. The van der Waals surface area contributed by atoms with E-state index in [4.69, 9.17) is 0 Å². The molecule has 21 heavy (non-hydrogen) atoms. The Balaban J connectivity index is 2.22. The van der Waals surface area contributed by atoms with Gasteiger partial charge in [-0.2, -0.15) is 0 Å². The molecule has 1 heterocycles. The highest BCUT2D eigenvalue weighted by Gasteiger charge is 2.41. The van der Waals surface area contributed by atoms with E-state index in [-0.39, 0.29) is 11.4 Å². The number of hydrogen-bond donors (Lipinski definition) is 1. The highest BCUT2D eigenvalue weighted by molar-refractivity contribution is 6.22. The molecule has 0 radical (unpaired) electrons. The molecular weight excluding hydrogens is 268 g/mol. The lowest BCUT2D eigenvalue weighted by molar-refractivity contribution is -0.126. The van der Waals surface area contributed by atoms with E-state index in [2.05, 4.69) is 5.32 Å². The van der Waals surface area contributed by atoms with Gasteiger partial charge in [-0.25, -0.2) is 0 Å². The van der Waals surface area contributed by atoms with Crippen LogP contribution in [0.2, 0.25) is 0 Å². The van der Waals surface area contributed by atoms with Crippen LogP contribution in [0.25, 0.3) is 0 Å². The van der Waals surface area contributed by atoms with E-state index in [1.165, 1.54) is 0 Å². The average molecular weight is 288 g/mol. The monoisotopic (exact) mass is 288 g/mol. The zero-order valence-corrected chi connectivity index (χ0v) is 12.8. The molecule has 1 aliphatic rings. The van der Waals surface area contributed by atoms with Gasteiger partial charge in [0.1, 0.15) is 6.04 Å². The normalized spacial score (nSPS) is 15.9. The van der Waals surface area contributed by atoms with Gasteiger partial charge in [-0.1, -0.05) is 19.1 Å². The topological polar surface area (TPSA) is 66.5 Å². The quantitative estimate of drug-likeness (QED) is 0.861. The third-order valence-electron chi connectivity index (χ3n) is 3.94. The molecule has 3 amide bonds. The van der Waals surface area contributed by atoms with Gasteiger partial charge in [-0.15, -0.1) is 0 Å². The lowest BCUT2D eigenvalue weighted by Crippen LogP contribution is -2.53. The van der Waals surface area contributed by atoms with E-state index >= 15 is 0 Å². The van der Waals surface area contributed by atoms with Gasteiger partial charge < -0.3 is 5.32 Å². The molecule has 0 saturated carbocycles. The van der Waals surface area contributed by atoms with Gasteiger partial charge in [0.15, 0.2) is 0 Å². The van der Waals surface area contributed by atoms with Crippen LogP contribution in [-0.2, 0) is 4.79 Å². The molecule has 0 fully saturated rings. The molecule has 0 aromatic heterocycles. The number of imide groups is 1. The molecule has 1 atom stereocenters. The molecule has 5 nitrogen and oxygen atoms in total. The molecule has 5 heteroatoms. The number of amides is 3. The van der Waals surface area contributed by atoms with Crippen molar-refractivity contribution in [2.45, 2.75) is 45.7 Å². The van der Waals surface area contributed by atoms with Crippen molar-refractivity contribution in [2.75, 3.05) is 0 Å². The lowest BCUT2D eigenvalue weighted by Gasteiger charge is -2.29. The highest BCUT2D eigenvalue weighted by atomic mass is 16.2. The predicted molar refractivity (Wildman–Crippen MR) is 78.9 cm³/mol. The van der Waals surface area contributed by atoms with Crippen molar-refractivity contribution in [3.63, 3.8) is 0 Å². The van der Waals surface area contributed by atoms with Gasteiger partial charge in [0.2, 0.25) is 5.91 Å². The number of hydrogen-bond acceptors (Lipinski definition) is 3. The van der Waals surface area contributed by atoms with Crippen LogP contribution in [0.4, 0.5) is 0 Å². The number of nitrogens with one attached hydrogen (secondary N) is 1. The summed E-state index contributed by atoms with van der Waals surface area (Å²) in [4.78, 5) is 37.9. The van der Waals surface area contributed by atoms with Crippen molar-refractivity contribution in [3.8, 4) is 0 Å². The van der Waals surface area contributed by atoms with Gasteiger partial charge in [-0.05, 0) is 39.3 Å². The third kappa shape index (κ3) is 2.68. The van der Waals surface area contributed by atoms with E-state index in [0.717, 1.165) is 11.3 Å². The lowest BCUT2D eigenvalue weighted by atomic mass is 10.0. The van der Waals surface area contributed by atoms with Crippen LogP contribution < -0.4 is 5.32 Å². The SMILES string of the molecule is CCC(C)(C)NC(=O)[C@@H](C)N1C(=O)c2ccccc2C1=O. The zero-order valence-electron chi connectivity index (χ0n) is 12.8. The van der Waals surface area contributed by atoms with Crippen molar-refractivity contribution in [3.05, 3.63) is 35.4 Å². The maximum Gasteiger partial charge on any atom is 0.262 e. The van der Waals surface area contributed by atoms with Crippen LogP contribution in [-0.4, -0.2) is 34.2 Å². The molecule has 1 aromatic carbocycles. The van der Waals surface area contributed by atoms with Gasteiger partial charge in [-0.3, -0.25) is 19.3 Å². The minimum atomic E-state index is -0.830. The molecule has 0 unspecified atom stereocenters. The molecule has 0 aliphatic carbocycles. The number of rotatable bonds is 4. The Hall–Kier alpha value is -2.17. The number of nitrogens with zero attached hydrogens (tertiary/aromatic N) is 1. The van der Waals surface area contributed by atoms with Crippen molar-refractivity contribution < 1.29 is 14.4 Å². The summed E-state index contributed by atoms with van der Waals surface area (Å²) >= 11 is 0. The molecule has 1 N–H and O–H groups in total. The Kier molecular flexibility index (Phi) is 3.85. The summed E-state index contributed by atoms with van der Waals surface area (Å²) in [5, 5.41) is 2.87.